The van der Waals surface area contributed by atoms with Crippen LogP contribution in [0.1, 0.15) is 36.9 Å². The molecule has 2 aromatic carbocycles. The highest BCUT2D eigenvalue weighted by Crippen LogP contribution is 2.41. The Labute approximate surface area is 236 Å². The van der Waals surface area contributed by atoms with Crippen molar-refractivity contribution in [3.05, 3.63) is 60.0 Å². The van der Waals surface area contributed by atoms with E-state index in [9.17, 15) is 18.0 Å². The number of H-pyrrole nitrogens is 1. The molecule has 0 saturated carbocycles. The molecule has 0 spiro atoms. The summed E-state index contributed by atoms with van der Waals surface area (Å²) >= 11 is 0. The molecular formula is C29H24F3N5O5. The van der Waals surface area contributed by atoms with Gasteiger partial charge in [0.15, 0.2) is 0 Å². The van der Waals surface area contributed by atoms with Crippen molar-refractivity contribution >= 4 is 16.9 Å². The Morgan fingerprint density at radius 3 is 2.60 bits per heavy atom. The largest absolute Gasteiger partial charge is 0.573 e. The summed E-state index contributed by atoms with van der Waals surface area (Å²) in [5.41, 5.74) is 4.73. The summed E-state index contributed by atoms with van der Waals surface area (Å²) in [6.45, 7) is 2.13. The number of rotatable bonds is 8. The fourth-order valence-corrected chi connectivity index (χ4v) is 5.22. The molecule has 0 aliphatic heterocycles. The predicted molar refractivity (Wildman–Crippen MR) is 144 cm³/mol. The minimum absolute atomic E-state index is 0.00204. The highest BCUT2D eigenvalue weighted by molar-refractivity contribution is 5.89. The number of carbonyl (C=O) groups is 1. The minimum Gasteiger partial charge on any atom is -0.467 e. The summed E-state index contributed by atoms with van der Waals surface area (Å²) in [5.74, 6) is -0.363. The SMILES string of the molecule is CCOC(=O)CC1CCc2c1[nH]c1ccc(-c3noc(-c4cc(OC(F)(F)F)cc(-c5cnc(OC)nc5)c4)n3)cc21. The van der Waals surface area contributed by atoms with Crippen molar-refractivity contribution in [1.82, 2.24) is 25.1 Å². The first-order chi connectivity index (χ1) is 20.2. The number of carbonyl (C=O) groups excluding carboxylic acids is 1. The van der Waals surface area contributed by atoms with E-state index < -0.39 is 12.1 Å². The van der Waals surface area contributed by atoms with Gasteiger partial charge >= 0.3 is 18.3 Å². The lowest BCUT2D eigenvalue weighted by Gasteiger charge is -2.11. The molecule has 5 aromatic rings. The van der Waals surface area contributed by atoms with Gasteiger partial charge in [-0.05, 0) is 67.3 Å². The normalized spacial score (nSPS) is 14.6. The summed E-state index contributed by atoms with van der Waals surface area (Å²) in [4.78, 5) is 28.0. The topological polar surface area (TPSA) is 125 Å². The zero-order valence-corrected chi connectivity index (χ0v) is 22.5. The molecule has 1 aliphatic rings. The van der Waals surface area contributed by atoms with E-state index in [0.717, 1.165) is 35.0 Å². The molecule has 1 N–H and O–H groups in total. The standard InChI is InChI=1S/C29H24F3N5O5/c1-3-40-24(38)12-15-4-6-21-22-11-16(5-7-23(22)35-25(15)21)26-36-27(42-37-26)18-8-17(9-20(10-18)41-29(30,31)32)19-13-33-28(39-2)34-14-19/h5,7-11,13-15,35H,3-4,6,12H2,1-2H3. The van der Waals surface area contributed by atoms with Gasteiger partial charge in [-0.15, -0.1) is 13.2 Å². The molecular weight excluding hydrogens is 555 g/mol. The molecule has 3 heterocycles. The second-order valence-electron chi connectivity index (χ2n) is 9.70. The van der Waals surface area contributed by atoms with Crippen LogP contribution in [-0.2, 0) is 16.0 Å². The molecule has 0 amide bonds. The van der Waals surface area contributed by atoms with Gasteiger partial charge in [-0.25, -0.2) is 9.97 Å². The van der Waals surface area contributed by atoms with Gasteiger partial charge in [-0.2, -0.15) is 4.98 Å². The maximum absolute atomic E-state index is 13.1. The Hall–Kier alpha value is -4.94. The molecule has 0 saturated heterocycles. The van der Waals surface area contributed by atoms with Crippen molar-refractivity contribution in [1.29, 1.82) is 0 Å². The predicted octanol–water partition coefficient (Wildman–Crippen LogP) is 6.23. The van der Waals surface area contributed by atoms with E-state index in [-0.39, 0.29) is 35.2 Å². The van der Waals surface area contributed by atoms with Crippen LogP contribution in [0.3, 0.4) is 0 Å². The van der Waals surface area contributed by atoms with E-state index in [1.54, 1.807) is 13.0 Å². The zero-order valence-electron chi connectivity index (χ0n) is 22.5. The van der Waals surface area contributed by atoms with E-state index in [1.807, 2.05) is 18.2 Å². The zero-order chi connectivity index (χ0) is 29.4. The maximum atomic E-state index is 13.1. The van der Waals surface area contributed by atoms with Crippen molar-refractivity contribution in [3.8, 4) is 45.7 Å². The average Bonchev–Trinajstić information content (AvgIpc) is 3.69. The summed E-state index contributed by atoms with van der Waals surface area (Å²) in [7, 11) is 1.40. The van der Waals surface area contributed by atoms with Gasteiger partial charge in [-0.1, -0.05) is 5.16 Å². The van der Waals surface area contributed by atoms with Gasteiger partial charge in [-0.3, -0.25) is 4.79 Å². The highest BCUT2D eigenvalue weighted by Gasteiger charge is 2.32. The van der Waals surface area contributed by atoms with Crippen LogP contribution < -0.4 is 9.47 Å². The van der Waals surface area contributed by atoms with Crippen molar-refractivity contribution in [2.24, 2.45) is 0 Å². The third-order valence-electron chi connectivity index (χ3n) is 7.02. The van der Waals surface area contributed by atoms with Gasteiger partial charge in [0.05, 0.1) is 20.1 Å². The number of methoxy groups -OCH3 is 1. The van der Waals surface area contributed by atoms with Crippen LogP contribution in [0.15, 0.2) is 53.3 Å². The second kappa shape index (κ2) is 10.8. The van der Waals surface area contributed by atoms with Crippen LogP contribution in [0.4, 0.5) is 13.2 Å². The highest BCUT2D eigenvalue weighted by atomic mass is 19.4. The van der Waals surface area contributed by atoms with Gasteiger partial charge in [0.2, 0.25) is 5.82 Å². The lowest BCUT2D eigenvalue weighted by Crippen LogP contribution is -2.17. The molecule has 3 aromatic heterocycles. The number of nitrogens with zero attached hydrogens (tertiary/aromatic N) is 4. The molecule has 13 heteroatoms. The molecule has 1 aliphatic carbocycles. The van der Waals surface area contributed by atoms with Gasteiger partial charge in [0, 0.05) is 51.6 Å². The van der Waals surface area contributed by atoms with Crippen LogP contribution in [0.25, 0.3) is 44.9 Å². The molecule has 42 heavy (non-hydrogen) atoms. The van der Waals surface area contributed by atoms with Crippen molar-refractivity contribution in [2.75, 3.05) is 13.7 Å². The number of aryl methyl sites for hydroxylation is 1. The number of benzene rings is 2. The number of hydrogen-bond donors (Lipinski definition) is 1. The lowest BCUT2D eigenvalue weighted by molar-refractivity contribution is -0.274. The average molecular weight is 580 g/mol. The molecule has 0 bridgehead atoms. The fraction of sp³-hybridized carbons (Fsp3) is 0.276. The lowest BCUT2D eigenvalue weighted by atomic mass is 10.0. The van der Waals surface area contributed by atoms with E-state index in [0.29, 0.717) is 29.7 Å². The van der Waals surface area contributed by atoms with E-state index in [1.165, 1.54) is 31.6 Å². The minimum atomic E-state index is -4.91. The number of fused-ring (bicyclic) bond motifs is 3. The summed E-state index contributed by atoms with van der Waals surface area (Å²) in [6.07, 6.45) is -0.105. The third-order valence-corrected chi connectivity index (χ3v) is 7.02. The van der Waals surface area contributed by atoms with Crippen LogP contribution in [0, 0.1) is 0 Å². The van der Waals surface area contributed by atoms with Crippen molar-refractivity contribution in [2.45, 2.75) is 38.5 Å². The molecule has 6 rings (SSSR count). The Morgan fingerprint density at radius 2 is 1.86 bits per heavy atom. The number of ether oxygens (including phenoxy) is 3. The monoisotopic (exact) mass is 579 g/mol. The summed E-state index contributed by atoms with van der Waals surface area (Å²) in [5, 5.41) is 5.08. The van der Waals surface area contributed by atoms with Crippen molar-refractivity contribution in [3.63, 3.8) is 0 Å². The number of aromatic amines is 1. The van der Waals surface area contributed by atoms with Crippen LogP contribution in [0.2, 0.25) is 0 Å². The van der Waals surface area contributed by atoms with Gasteiger partial charge < -0.3 is 23.7 Å². The first-order valence-corrected chi connectivity index (χ1v) is 13.1. The number of halogens is 3. The van der Waals surface area contributed by atoms with Gasteiger partial charge in [0.1, 0.15) is 5.75 Å². The number of nitrogens with one attached hydrogen (secondary N) is 1. The molecule has 0 fully saturated rings. The number of esters is 1. The Kier molecular flexibility index (Phi) is 7.01. The number of alkyl halides is 3. The van der Waals surface area contributed by atoms with E-state index in [2.05, 4.69) is 29.8 Å². The first kappa shape index (κ1) is 27.2. The number of aromatic nitrogens is 5. The quantitative estimate of drug-likeness (QED) is 0.213. The molecule has 1 atom stereocenters. The fourth-order valence-electron chi connectivity index (χ4n) is 5.22. The second-order valence-corrected chi connectivity index (χ2v) is 9.70. The van der Waals surface area contributed by atoms with E-state index in [4.69, 9.17) is 14.0 Å². The molecule has 10 nitrogen and oxygen atoms in total. The summed E-state index contributed by atoms with van der Waals surface area (Å²) < 4.78 is 59.1. The Balaban J connectivity index is 1.33. The summed E-state index contributed by atoms with van der Waals surface area (Å²) in [6, 6.07) is 9.75. The Bertz CT molecular complexity index is 1760. The van der Waals surface area contributed by atoms with E-state index >= 15 is 0 Å². The van der Waals surface area contributed by atoms with Gasteiger partial charge in [0.25, 0.3) is 5.89 Å². The molecule has 1 unspecified atom stereocenters. The maximum Gasteiger partial charge on any atom is 0.573 e. The van der Waals surface area contributed by atoms with Crippen LogP contribution in [0.5, 0.6) is 11.8 Å². The molecule has 0 radical (unpaired) electrons. The Morgan fingerprint density at radius 1 is 1.07 bits per heavy atom. The third kappa shape index (κ3) is 5.49. The first-order valence-electron chi connectivity index (χ1n) is 13.1. The van der Waals surface area contributed by atoms with Crippen LogP contribution >= 0.6 is 0 Å². The van der Waals surface area contributed by atoms with Crippen molar-refractivity contribution < 1.29 is 36.7 Å². The number of hydrogen-bond acceptors (Lipinski definition) is 9. The van der Waals surface area contributed by atoms with Crippen LogP contribution in [-0.4, -0.2) is 51.1 Å². The smallest absolute Gasteiger partial charge is 0.467 e. The molecule has 216 valence electrons.